The van der Waals surface area contributed by atoms with Gasteiger partial charge in [0, 0.05) is 16.5 Å². The summed E-state index contributed by atoms with van der Waals surface area (Å²) >= 11 is 6.27. The normalized spacial score (nSPS) is 20.2. The number of nitrogens with one attached hydrogen (secondary N) is 1. The van der Waals surface area contributed by atoms with Crippen LogP contribution in [0.5, 0.6) is 23.0 Å². The zero-order valence-corrected chi connectivity index (χ0v) is 26.5. The Hall–Kier alpha value is -4.82. The van der Waals surface area contributed by atoms with Gasteiger partial charge in [0.05, 0.1) is 29.9 Å². The van der Waals surface area contributed by atoms with Gasteiger partial charge in [0.1, 0.15) is 40.3 Å². The number of nitrogens with two attached hydrogens (primary N) is 1. The van der Waals surface area contributed by atoms with Crippen molar-refractivity contribution in [2.24, 2.45) is 11.7 Å². The number of pyridine rings is 2. The fourth-order valence-corrected chi connectivity index (χ4v) is 6.31. The number of ether oxygens (including phenoxy) is 4. The van der Waals surface area contributed by atoms with Crippen molar-refractivity contribution in [3.8, 4) is 34.3 Å². The highest BCUT2D eigenvalue weighted by molar-refractivity contribution is 6.31. The first-order chi connectivity index (χ1) is 22.6. The van der Waals surface area contributed by atoms with Gasteiger partial charge in [-0.3, -0.25) is 9.59 Å². The smallest absolute Gasteiger partial charge is 0.494 e. The van der Waals surface area contributed by atoms with E-state index in [0.717, 1.165) is 0 Å². The molecule has 4 N–H and O–H groups in total. The number of alkyl halides is 2. The SMILES string of the molecule is COc1cc(C(=O)NC[C@](O)(c2nc(-c3ccc4c(c3)OC(F)(F)O4)c3c(c2F)[C@@](C)(C(N)=O)CO3)C2CC2)cc2cc(Cl)c(C)nc12. The second-order valence-corrected chi connectivity index (χ2v) is 12.7. The molecule has 0 spiro atoms. The molecule has 0 unspecified atom stereocenters. The summed E-state index contributed by atoms with van der Waals surface area (Å²) in [6.07, 6.45) is -2.93. The number of carbonyl (C=O) groups excluding carboxylic acids is 2. The summed E-state index contributed by atoms with van der Waals surface area (Å²) in [5, 5.41) is 15.8. The Morgan fingerprint density at radius 1 is 1.17 bits per heavy atom. The number of methoxy groups -OCH3 is 1. The number of amides is 2. The van der Waals surface area contributed by atoms with Gasteiger partial charge in [-0.25, -0.2) is 14.4 Å². The molecule has 4 aromatic rings. The number of aromatic nitrogens is 2. The van der Waals surface area contributed by atoms with Crippen molar-refractivity contribution >= 4 is 34.3 Å². The highest BCUT2D eigenvalue weighted by atomic mass is 35.5. The average Bonchev–Trinajstić information content (AvgIpc) is 3.77. The van der Waals surface area contributed by atoms with Gasteiger partial charge in [0.25, 0.3) is 5.91 Å². The van der Waals surface area contributed by atoms with Crippen LogP contribution in [-0.2, 0) is 15.8 Å². The van der Waals surface area contributed by atoms with E-state index < -0.39 is 53.1 Å². The molecule has 1 fully saturated rings. The molecule has 15 heteroatoms. The lowest BCUT2D eigenvalue weighted by Gasteiger charge is -2.30. The first kappa shape index (κ1) is 31.8. The van der Waals surface area contributed by atoms with Crippen molar-refractivity contribution in [2.45, 2.75) is 44.0 Å². The second kappa shape index (κ2) is 10.9. The van der Waals surface area contributed by atoms with Crippen molar-refractivity contribution in [1.82, 2.24) is 15.3 Å². The number of rotatable bonds is 8. The van der Waals surface area contributed by atoms with Crippen molar-refractivity contribution in [3.05, 3.63) is 69.8 Å². The molecule has 2 aromatic heterocycles. The van der Waals surface area contributed by atoms with Crippen molar-refractivity contribution in [3.63, 3.8) is 0 Å². The number of nitrogens with zero attached hydrogens (tertiary/aromatic N) is 2. The Morgan fingerprint density at radius 2 is 1.90 bits per heavy atom. The minimum Gasteiger partial charge on any atom is -0.494 e. The van der Waals surface area contributed by atoms with Gasteiger partial charge in [-0.15, -0.1) is 8.78 Å². The molecule has 4 heterocycles. The summed E-state index contributed by atoms with van der Waals surface area (Å²) in [5.74, 6) is -3.44. The van der Waals surface area contributed by atoms with Crippen molar-refractivity contribution < 1.29 is 46.8 Å². The lowest BCUT2D eigenvalue weighted by molar-refractivity contribution is -0.286. The number of hydrogen-bond donors (Lipinski definition) is 3. The summed E-state index contributed by atoms with van der Waals surface area (Å²) < 4.78 is 64.7. The van der Waals surface area contributed by atoms with E-state index in [0.29, 0.717) is 40.2 Å². The monoisotopic (exact) mass is 684 g/mol. The highest BCUT2D eigenvalue weighted by Gasteiger charge is 2.53. The molecular weight excluding hydrogens is 657 g/mol. The van der Waals surface area contributed by atoms with Crippen LogP contribution < -0.4 is 30.0 Å². The number of fused-ring (bicyclic) bond motifs is 3. The third kappa shape index (κ3) is 5.01. The van der Waals surface area contributed by atoms with Crippen LogP contribution in [0.25, 0.3) is 22.2 Å². The molecule has 2 atom stereocenters. The number of halogens is 4. The molecule has 2 aromatic carbocycles. The van der Waals surface area contributed by atoms with Crippen molar-refractivity contribution in [2.75, 3.05) is 20.3 Å². The van der Waals surface area contributed by atoms with Crippen molar-refractivity contribution in [1.29, 1.82) is 0 Å². The molecule has 250 valence electrons. The van der Waals surface area contributed by atoms with Gasteiger partial charge in [-0.1, -0.05) is 11.6 Å². The Bertz CT molecular complexity index is 2060. The zero-order chi connectivity index (χ0) is 34.3. The lowest BCUT2D eigenvalue weighted by atomic mass is 9.80. The predicted molar refractivity (Wildman–Crippen MR) is 165 cm³/mol. The third-order valence-electron chi connectivity index (χ3n) is 9.04. The number of hydrogen-bond acceptors (Lipinski definition) is 9. The molecule has 2 aliphatic heterocycles. The highest BCUT2D eigenvalue weighted by Crippen LogP contribution is 2.52. The summed E-state index contributed by atoms with van der Waals surface area (Å²) in [7, 11) is 1.43. The minimum absolute atomic E-state index is 0.0580. The summed E-state index contributed by atoms with van der Waals surface area (Å²) in [4.78, 5) is 35.1. The van der Waals surface area contributed by atoms with E-state index >= 15 is 4.39 Å². The maximum Gasteiger partial charge on any atom is 0.586 e. The Labute approximate surface area is 276 Å². The maximum atomic E-state index is 16.7. The quantitative estimate of drug-likeness (QED) is 0.235. The molecule has 3 aliphatic rings. The first-order valence-electron chi connectivity index (χ1n) is 14.9. The standard InChI is InChI=1S/C33H28ClF3N4O7/c1-14-19(34)9-16-8-17(11-22(45-3)25(16)40-14)29(42)39-12-32(44,18-5-6-18)28-24(35)23-27(46-13-31(23,2)30(38)43)26(41-28)15-4-7-20-21(10-15)48-33(36,37)47-20/h4,7-11,18,44H,5-6,12-13H2,1-3H3,(H2,38,43)(H,39,42)/t31-,32+/m0/s1. The van der Waals surface area contributed by atoms with Crippen LogP contribution in [0.1, 0.15) is 47.1 Å². The Balaban J connectivity index is 1.31. The number of benzene rings is 2. The second-order valence-electron chi connectivity index (χ2n) is 12.3. The van der Waals surface area contributed by atoms with Crippen LogP contribution in [0, 0.1) is 18.7 Å². The first-order valence-corrected chi connectivity index (χ1v) is 15.3. The summed E-state index contributed by atoms with van der Waals surface area (Å²) in [5.41, 5.74) is 2.58. The van der Waals surface area contributed by atoms with E-state index in [9.17, 15) is 23.5 Å². The third-order valence-corrected chi connectivity index (χ3v) is 9.43. The van der Waals surface area contributed by atoms with Gasteiger partial charge in [0.2, 0.25) is 5.91 Å². The maximum absolute atomic E-state index is 16.7. The van der Waals surface area contributed by atoms with E-state index in [-0.39, 0.29) is 46.2 Å². The van der Waals surface area contributed by atoms with E-state index in [2.05, 4.69) is 24.8 Å². The Morgan fingerprint density at radius 3 is 2.58 bits per heavy atom. The van der Waals surface area contributed by atoms with E-state index in [1.54, 1.807) is 19.1 Å². The predicted octanol–water partition coefficient (Wildman–Crippen LogP) is 4.89. The molecule has 7 rings (SSSR count). The van der Waals surface area contributed by atoms with Gasteiger partial charge in [-0.05, 0) is 69.0 Å². The summed E-state index contributed by atoms with van der Waals surface area (Å²) in [6.45, 7) is 2.32. The number of aliphatic hydroxyl groups is 1. The van der Waals surface area contributed by atoms with Crippen LogP contribution in [0.2, 0.25) is 5.02 Å². The molecule has 0 radical (unpaired) electrons. The van der Waals surface area contributed by atoms with Gasteiger partial charge >= 0.3 is 6.29 Å². The molecular formula is C33H28ClF3N4O7. The largest absolute Gasteiger partial charge is 0.586 e. The van der Waals surface area contributed by atoms with E-state index in [1.165, 1.54) is 38.3 Å². The number of aryl methyl sites for hydroxylation is 1. The molecule has 2 amide bonds. The topological polar surface area (TPSA) is 155 Å². The molecule has 1 aliphatic carbocycles. The van der Waals surface area contributed by atoms with Crippen LogP contribution in [0.4, 0.5) is 13.2 Å². The van der Waals surface area contributed by atoms with Crippen LogP contribution in [0.15, 0.2) is 36.4 Å². The van der Waals surface area contributed by atoms with Gasteiger partial charge in [-0.2, -0.15) is 0 Å². The van der Waals surface area contributed by atoms with E-state index in [1.807, 2.05) is 0 Å². The number of primary amides is 1. The minimum atomic E-state index is -3.90. The zero-order valence-electron chi connectivity index (χ0n) is 25.8. The summed E-state index contributed by atoms with van der Waals surface area (Å²) in [6, 6.07) is 8.51. The molecule has 0 bridgehead atoms. The number of carbonyl (C=O) groups is 2. The van der Waals surface area contributed by atoms with E-state index in [4.69, 9.17) is 26.8 Å². The van der Waals surface area contributed by atoms with Gasteiger partial charge < -0.3 is 35.1 Å². The van der Waals surface area contributed by atoms with Crippen LogP contribution in [-0.4, -0.2) is 53.4 Å². The van der Waals surface area contributed by atoms with Crippen LogP contribution >= 0.6 is 11.6 Å². The average molecular weight is 685 g/mol. The Kier molecular flexibility index (Phi) is 7.18. The molecule has 11 nitrogen and oxygen atoms in total. The lowest BCUT2D eigenvalue weighted by Crippen LogP contribution is -2.45. The fraction of sp³-hybridized carbons (Fsp3) is 0.333. The fourth-order valence-electron chi connectivity index (χ4n) is 6.15. The molecule has 48 heavy (non-hydrogen) atoms. The molecule has 0 saturated heterocycles. The van der Waals surface area contributed by atoms with Crippen LogP contribution in [0.3, 0.4) is 0 Å². The molecule has 1 saturated carbocycles. The van der Waals surface area contributed by atoms with Gasteiger partial charge in [0.15, 0.2) is 23.1 Å².